The van der Waals surface area contributed by atoms with E-state index in [-0.39, 0.29) is 11.8 Å². The van der Waals surface area contributed by atoms with E-state index in [1.54, 1.807) is 16.2 Å². The number of thiazole rings is 1. The third-order valence-electron chi connectivity index (χ3n) is 4.43. The summed E-state index contributed by atoms with van der Waals surface area (Å²) < 4.78 is 0.922. The Morgan fingerprint density at radius 1 is 1.42 bits per heavy atom. The van der Waals surface area contributed by atoms with Gasteiger partial charge in [-0.3, -0.25) is 9.59 Å². The highest BCUT2D eigenvalue weighted by molar-refractivity contribution is 9.10. The van der Waals surface area contributed by atoms with Gasteiger partial charge in [0.25, 0.3) is 0 Å². The topological polar surface area (TPSA) is 62.3 Å². The normalized spacial score (nSPS) is 16.9. The van der Waals surface area contributed by atoms with Gasteiger partial charge in [-0.25, -0.2) is 4.98 Å². The molecular formula is C19H22BrN3O2S. The average Bonchev–Trinajstić information content (AvgIpc) is 3.20. The van der Waals surface area contributed by atoms with E-state index in [0.29, 0.717) is 19.5 Å². The molecule has 1 fully saturated rings. The minimum atomic E-state index is -0.574. The Balaban J connectivity index is 1.43. The maximum atomic E-state index is 12.6. The van der Waals surface area contributed by atoms with Gasteiger partial charge in [0.15, 0.2) is 0 Å². The Bertz CT molecular complexity index is 793. The van der Waals surface area contributed by atoms with Crippen molar-refractivity contribution in [3.05, 3.63) is 44.8 Å². The standard InChI is InChI=1S/C19H22BrN3O2S/c1-13-12-26-17(22-13)7-2-3-9-21-18(24)16-8-10-23(19(16)25)15-6-4-5-14(20)11-15/h4-6,11-12,16H,2-3,7-10H2,1H3,(H,21,24). The Morgan fingerprint density at radius 3 is 3.00 bits per heavy atom. The number of hydrogen-bond acceptors (Lipinski definition) is 4. The Morgan fingerprint density at radius 2 is 2.27 bits per heavy atom. The zero-order valence-electron chi connectivity index (χ0n) is 14.7. The largest absolute Gasteiger partial charge is 0.355 e. The molecule has 7 heteroatoms. The van der Waals surface area contributed by atoms with Gasteiger partial charge in [-0.2, -0.15) is 0 Å². The van der Waals surface area contributed by atoms with E-state index >= 15 is 0 Å². The second kappa shape index (κ2) is 8.77. The lowest BCUT2D eigenvalue weighted by Gasteiger charge is -2.17. The van der Waals surface area contributed by atoms with Crippen LogP contribution in [-0.4, -0.2) is 29.9 Å². The van der Waals surface area contributed by atoms with Crippen molar-refractivity contribution in [1.82, 2.24) is 10.3 Å². The molecule has 2 amide bonds. The number of hydrogen-bond donors (Lipinski definition) is 1. The molecule has 5 nitrogen and oxygen atoms in total. The molecule has 3 rings (SSSR count). The minimum Gasteiger partial charge on any atom is -0.355 e. The molecular weight excluding hydrogens is 414 g/mol. The number of benzene rings is 1. The molecule has 2 aromatic rings. The summed E-state index contributed by atoms with van der Waals surface area (Å²) in [5.74, 6) is -0.841. The molecule has 1 unspecified atom stereocenters. The number of anilines is 1. The van der Waals surface area contributed by atoms with E-state index < -0.39 is 5.92 Å². The molecule has 0 bridgehead atoms. The maximum Gasteiger partial charge on any atom is 0.239 e. The molecule has 1 atom stereocenters. The van der Waals surface area contributed by atoms with Gasteiger partial charge in [0, 0.05) is 34.3 Å². The molecule has 0 saturated carbocycles. The summed E-state index contributed by atoms with van der Waals surface area (Å²) in [6, 6.07) is 7.60. The first-order valence-corrected chi connectivity index (χ1v) is 10.5. The summed E-state index contributed by atoms with van der Waals surface area (Å²) in [5.41, 5.74) is 1.89. The summed E-state index contributed by atoms with van der Waals surface area (Å²) in [6.45, 7) is 3.18. The second-order valence-electron chi connectivity index (χ2n) is 6.44. The van der Waals surface area contributed by atoms with Crippen molar-refractivity contribution in [2.75, 3.05) is 18.0 Å². The summed E-state index contributed by atoms with van der Waals surface area (Å²) in [5, 5.41) is 6.12. The number of rotatable bonds is 7. The van der Waals surface area contributed by atoms with Crippen molar-refractivity contribution in [1.29, 1.82) is 0 Å². The first-order chi connectivity index (χ1) is 12.5. The van der Waals surface area contributed by atoms with Crippen LogP contribution < -0.4 is 10.2 Å². The predicted molar refractivity (Wildman–Crippen MR) is 107 cm³/mol. The molecule has 0 spiro atoms. The lowest BCUT2D eigenvalue weighted by atomic mass is 10.1. The molecule has 1 N–H and O–H groups in total. The smallest absolute Gasteiger partial charge is 0.239 e. The number of carbonyl (C=O) groups excluding carboxylic acids is 2. The first-order valence-electron chi connectivity index (χ1n) is 8.80. The molecule has 1 saturated heterocycles. The van der Waals surface area contributed by atoms with Gasteiger partial charge in [0.1, 0.15) is 5.92 Å². The molecule has 1 aromatic heterocycles. The monoisotopic (exact) mass is 435 g/mol. The van der Waals surface area contributed by atoms with Crippen molar-refractivity contribution in [2.45, 2.75) is 32.6 Å². The van der Waals surface area contributed by atoms with Gasteiger partial charge in [-0.05, 0) is 50.8 Å². The third-order valence-corrected chi connectivity index (χ3v) is 5.94. The molecule has 138 valence electrons. The number of aryl methyl sites for hydroxylation is 2. The van der Waals surface area contributed by atoms with Crippen LogP contribution in [0.4, 0.5) is 5.69 Å². The number of halogens is 1. The van der Waals surface area contributed by atoms with E-state index in [0.717, 1.165) is 40.1 Å². The number of nitrogens with one attached hydrogen (secondary N) is 1. The highest BCUT2D eigenvalue weighted by Gasteiger charge is 2.37. The summed E-state index contributed by atoms with van der Waals surface area (Å²) >= 11 is 5.10. The van der Waals surface area contributed by atoms with Gasteiger partial charge in [-0.15, -0.1) is 11.3 Å². The van der Waals surface area contributed by atoms with Crippen molar-refractivity contribution in [2.24, 2.45) is 5.92 Å². The average molecular weight is 436 g/mol. The molecule has 2 heterocycles. The first kappa shape index (κ1) is 19.0. The van der Waals surface area contributed by atoms with Gasteiger partial charge < -0.3 is 10.2 Å². The maximum absolute atomic E-state index is 12.6. The molecule has 1 aliphatic rings. The van der Waals surface area contributed by atoms with Gasteiger partial charge in [0.2, 0.25) is 11.8 Å². The Kier molecular flexibility index (Phi) is 6.43. The van der Waals surface area contributed by atoms with Crippen molar-refractivity contribution in [3.8, 4) is 0 Å². The highest BCUT2D eigenvalue weighted by Crippen LogP contribution is 2.27. The number of unbranched alkanes of at least 4 members (excludes halogenated alkanes) is 1. The summed E-state index contributed by atoms with van der Waals surface area (Å²) in [6.07, 6.45) is 3.37. The quantitative estimate of drug-likeness (QED) is 0.532. The van der Waals surface area contributed by atoms with E-state index in [1.807, 2.05) is 31.2 Å². The van der Waals surface area contributed by atoms with Crippen LogP contribution in [0.25, 0.3) is 0 Å². The minimum absolute atomic E-state index is 0.112. The SMILES string of the molecule is Cc1csc(CCCCNC(=O)C2CCN(c3cccc(Br)c3)C2=O)n1. The van der Waals surface area contributed by atoms with Gasteiger partial charge in [-0.1, -0.05) is 22.0 Å². The second-order valence-corrected chi connectivity index (χ2v) is 8.30. The highest BCUT2D eigenvalue weighted by atomic mass is 79.9. The van der Waals surface area contributed by atoms with Crippen LogP contribution in [0.3, 0.4) is 0 Å². The molecule has 1 aromatic carbocycles. The summed E-state index contributed by atoms with van der Waals surface area (Å²) in [7, 11) is 0. The fourth-order valence-electron chi connectivity index (χ4n) is 3.08. The lowest BCUT2D eigenvalue weighted by molar-refractivity contribution is -0.132. The van der Waals surface area contributed by atoms with Gasteiger partial charge in [0.05, 0.1) is 5.01 Å². The number of amides is 2. The van der Waals surface area contributed by atoms with Crippen LogP contribution >= 0.6 is 27.3 Å². The summed E-state index contributed by atoms with van der Waals surface area (Å²) in [4.78, 5) is 31.1. The van der Waals surface area contributed by atoms with Crippen molar-refractivity contribution >= 4 is 44.8 Å². The van der Waals surface area contributed by atoms with E-state index in [2.05, 4.69) is 31.6 Å². The number of nitrogens with zero attached hydrogens (tertiary/aromatic N) is 2. The fraction of sp³-hybridized carbons (Fsp3) is 0.421. The Hall–Kier alpha value is -1.73. The zero-order valence-corrected chi connectivity index (χ0v) is 17.1. The third kappa shape index (κ3) is 4.71. The fourth-order valence-corrected chi connectivity index (χ4v) is 4.28. The molecule has 0 aliphatic carbocycles. The van der Waals surface area contributed by atoms with E-state index in [4.69, 9.17) is 0 Å². The van der Waals surface area contributed by atoms with E-state index in [1.165, 1.54) is 0 Å². The van der Waals surface area contributed by atoms with E-state index in [9.17, 15) is 9.59 Å². The predicted octanol–water partition coefficient (Wildman–Crippen LogP) is 3.71. The zero-order chi connectivity index (χ0) is 18.5. The van der Waals surface area contributed by atoms with Crippen LogP contribution in [0, 0.1) is 12.8 Å². The van der Waals surface area contributed by atoms with Crippen molar-refractivity contribution in [3.63, 3.8) is 0 Å². The van der Waals surface area contributed by atoms with Gasteiger partial charge >= 0.3 is 0 Å². The Labute approximate surface area is 165 Å². The number of aromatic nitrogens is 1. The van der Waals surface area contributed by atoms with Crippen LogP contribution in [0.2, 0.25) is 0 Å². The molecule has 0 radical (unpaired) electrons. The number of carbonyl (C=O) groups is 2. The van der Waals surface area contributed by atoms with Crippen LogP contribution in [0.5, 0.6) is 0 Å². The molecule has 1 aliphatic heterocycles. The van der Waals surface area contributed by atoms with Crippen LogP contribution in [0.1, 0.15) is 30.0 Å². The van der Waals surface area contributed by atoms with Crippen LogP contribution in [-0.2, 0) is 16.0 Å². The lowest BCUT2D eigenvalue weighted by Crippen LogP contribution is -2.37. The van der Waals surface area contributed by atoms with Crippen LogP contribution in [0.15, 0.2) is 34.1 Å². The molecule has 26 heavy (non-hydrogen) atoms. The van der Waals surface area contributed by atoms with Crippen molar-refractivity contribution < 1.29 is 9.59 Å².